The number of likely N-dealkylation sites (N-methyl/N-ethyl adjacent to an activating group) is 1. The summed E-state index contributed by atoms with van der Waals surface area (Å²) in [5.41, 5.74) is 5.71. The Kier molecular flexibility index (Phi) is 4.94. The van der Waals surface area contributed by atoms with E-state index in [1.54, 1.807) is 25.0 Å². The number of hydrogen-bond acceptors (Lipinski definition) is 6. The van der Waals surface area contributed by atoms with E-state index in [1.807, 2.05) is 18.3 Å². The van der Waals surface area contributed by atoms with Crippen LogP contribution in [0.4, 0.5) is 0 Å². The summed E-state index contributed by atoms with van der Waals surface area (Å²) in [6.45, 7) is 0.202. The van der Waals surface area contributed by atoms with Gasteiger partial charge >= 0.3 is 0 Å². The van der Waals surface area contributed by atoms with Gasteiger partial charge in [-0.3, -0.25) is 4.79 Å². The predicted octanol–water partition coefficient (Wildman–Crippen LogP) is 2.38. The average molecular weight is 419 g/mol. The summed E-state index contributed by atoms with van der Waals surface area (Å²) in [4.78, 5) is 23.9. The smallest absolute Gasteiger partial charge is 0.257 e. The van der Waals surface area contributed by atoms with Gasteiger partial charge in [0, 0.05) is 31.3 Å². The number of aliphatic hydroxyl groups is 1. The number of carbonyl (C=O) groups excluding carboxylic acids is 1. The first kappa shape index (κ1) is 19.7. The normalized spacial score (nSPS) is 14.7. The standard InChI is InChI=1S/C23H25N5O3/c1-27(9-10-29)22(30)19-13-25-28(21(19)15-4-5-15)23-24-12-16-6-3-14-7-8-17(31-2)11-18(14)20(16)26-23/h7-8,11-13,15,29H,3-6,9-10H2,1-2H3. The first-order valence-corrected chi connectivity index (χ1v) is 10.6. The molecule has 5 rings (SSSR count). The number of benzene rings is 1. The number of methoxy groups -OCH3 is 1. The van der Waals surface area contributed by atoms with Crippen molar-refractivity contribution >= 4 is 5.91 Å². The molecule has 0 saturated heterocycles. The van der Waals surface area contributed by atoms with Crippen LogP contribution in [0.15, 0.2) is 30.6 Å². The number of amides is 1. The second-order valence-corrected chi connectivity index (χ2v) is 8.15. The number of rotatable bonds is 6. The van der Waals surface area contributed by atoms with Gasteiger partial charge in [0.15, 0.2) is 0 Å². The maximum Gasteiger partial charge on any atom is 0.257 e. The van der Waals surface area contributed by atoms with Gasteiger partial charge in [-0.05, 0) is 48.9 Å². The number of aliphatic hydroxyl groups excluding tert-OH is 1. The molecule has 2 aromatic heterocycles. The highest BCUT2D eigenvalue weighted by Crippen LogP contribution is 2.43. The van der Waals surface area contributed by atoms with Gasteiger partial charge in [-0.2, -0.15) is 5.10 Å². The van der Waals surface area contributed by atoms with Crippen molar-refractivity contribution in [1.29, 1.82) is 0 Å². The molecule has 0 aliphatic heterocycles. The number of carbonyl (C=O) groups is 1. The van der Waals surface area contributed by atoms with Gasteiger partial charge in [-0.15, -0.1) is 0 Å². The molecule has 0 bridgehead atoms. The third-order valence-electron chi connectivity index (χ3n) is 6.06. The maximum atomic E-state index is 12.9. The van der Waals surface area contributed by atoms with E-state index in [1.165, 1.54) is 10.5 Å². The van der Waals surface area contributed by atoms with E-state index < -0.39 is 0 Å². The van der Waals surface area contributed by atoms with Crippen LogP contribution in [0.2, 0.25) is 0 Å². The number of aromatic nitrogens is 4. The summed E-state index contributed by atoms with van der Waals surface area (Å²) >= 11 is 0. The molecule has 2 aliphatic rings. The van der Waals surface area contributed by atoms with Crippen molar-refractivity contribution in [3.05, 3.63) is 53.0 Å². The van der Waals surface area contributed by atoms with E-state index in [-0.39, 0.29) is 25.0 Å². The summed E-state index contributed by atoms with van der Waals surface area (Å²) in [6, 6.07) is 6.09. The van der Waals surface area contributed by atoms with Crippen LogP contribution in [0.5, 0.6) is 5.75 Å². The summed E-state index contributed by atoms with van der Waals surface area (Å²) < 4.78 is 7.13. The molecular formula is C23H25N5O3. The lowest BCUT2D eigenvalue weighted by atomic mass is 9.90. The minimum atomic E-state index is -0.143. The van der Waals surface area contributed by atoms with Crippen molar-refractivity contribution in [2.45, 2.75) is 31.6 Å². The molecule has 1 saturated carbocycles. The third kappa shape index (κ3) is 3.46. The molecule has 1 fully saturated rings. The zero-order valence-corrected chi connectivity index (χ0v) is 17.7. The summed E-state index contributed by atoms with van der Waals surface area (Å²) in [5, 5.41) is 13.7. The first-order valence-electron chi connectivity index (χ1n) is 10.6. The van der Waals surface area contributed by atoms with Gasteiger partial charge < -0.3 is 14.7 Å². The molecule has 0 unspecified atom stereocenters. The molecule has 2 heterocycles. The SMILES string of the molecule is COc1ccc2c(c1)-c1nc(-n3ncc(C(=O)N(C)CCO)c3C3CC3)ncc1CC2. The fourth-order valence-corrected chi connectivity index (χ4v) is 4.19. The summed E-state index contributed by atoms with van der Waals surface area (Å²) in [5.74, 6) is 1.40. The fourth-order valence-electron chi connectivity index (χ4n) is 4.19. The Morgan fingerprint density at radius 3 is 2.81 bits per heavy atom. The zero-order chi connectivity index (χ0) is 21.5. The van der Waals surface area contributed by atoms with Crippen LogP contribution in [0.3, 0.4) is 0 Å². The molecule has 2 aliphatic carbocycles. The number of nitrogens with zero attached hydrogens (tertiary/aromatic N) is 5. The number of ether oxygens (including phenoxy) is 1. The second kappa shape index (κ2) is 7.77. The van der Waals surface area contributed by atoms with E-state index in [2.05, 4.69) is 16.1 Å². The Balaban J connectivity index is 1.59. The lowest BCUT2D eigenvalue weighted by molar-refractivity contribution is 0.0765. The summed E-state index contributed by atoms with van der Waals surface area (Å²) in [7, 11) is 3.35. The Morgan fingerprint density at radius 2 is 2.06 bits per heavy atom. The minimum Gasteiger partial charge on any atom is -0.497 e. The monoisotopic (exact) mass is 419 g/mol. The maximum absolute atomic E-state index is 12.9. The second-order valence-electron chi connectivity index (χ2n) is 8.15. The highest BCUT2D eigenvalue weighted by atomic mass is 16.5. The van der Waals surface area contributed by atoms with Crippen LogP contribution in [-0.4, -0.2) is 63.0 Å². The van der Waals surface area contributed by atoms with Gasteiger partial charge in [0.2, 0.25) is 0 Å². The molecule has 1 N–H and O–H groups in total. The van der Waals surface area contributed by atoms with Gasteiger partial charge in [-0.25, -0.2) is 14.6 Å². The molecule has 0 spiro atoms. The summed E-state index contributed by atoms with van der Waals surface area (Å²) in [6.07, 6.45) is 7.34. The van der Waals surface area contributed by atoms with Crippen molar-refractivity contribution in [1.82, 2.24) is 24.6 Å². The molecule has 1 amide bonds. The van der Waals surface area contributed by atoms with Crippen molar-refractivity contribution < 1.29 is 14.6 Å². The van der Waals surface area contributed by atoms with E-state index in [0.717, 1.165) is 53.9 Å². The molecule has 0 radical (unpaired) electrons. The van der Waals surface area contributed by atoms with Crippen molar-refractivity contribution in [3.8, 4) is 23.0 Å². The van der Waals surface area contributed by atoms with Crippen LogP contribution >= 0.6 is 0 Å². The molecule has 0 atom stereocenters. The molecule has 31 heavy (non-hydrogen) atoms. The highest BCUT2D eigenvalue weighted by molar-refractivity contribution is 5.95. The van der Waals surface area contributed by atoms with Gasteiger partial charge in [0.1, 0.15) is 5.75 Å². The first-order chi connectivity index (χ1) is 15.1. The van der Waals surface area contributed by atoms with Gasteiger partial charge in [-0.1, -0.05) is 6.07 Å². The van der Waals surface area contributed by atoms with E-state index in [4.69, 9.17) is 9.72 Å². The Morgan fingerprint density at radius 1 is 1.26 bits per heavy atom. The van der Waals surface area contributed by atoms with Crippen LogP contribution < -0.4 is 4.74 Å². The molecule has 8 heteroatoms. The Labute approximate surface area is 180 Å². The van der Waals surface area contributed by atoms with Gasteiger partial charge in [0.25, 0.3) is 11.9 Å². The van der Waals surface area contributed by atoms with Crippen molar-refractivity contribution in [2.75, 3.05) is 27.3 Å². The molecule has 160 valence electrons. The Hall–Kier alpha value is -3.26. The minimum absolute atomic E-state index is 0.0774. The van der Waals surface area contributed by atoms with E-state index >= 15 is 0 Å². The number of aryl methyl sites for hydroxylation is 2. The average Bonchev–Trinajstić information content (AvgIpc) is 3.55. The zero-order valence-electron chi connectivity index (χ0n) is 17.7. The van der Waals surface area contributed by atoms with E-state index in [9.17, 15) is 9.90 Å². The van der Waals surface area contributed by atoms with Crippen LogP contribution in [0.1, 0.15) is 45.9 Å². The Bertz CT molecular complexity index is 1150. The highest BCUT2D eigenvalue weighted by Gasteiger charge is 2.34. The van der Waals surface area contributed by atoms with Crippen LogP contribution in [-0.2, 0) is 12.8 Å². The molecule has 3 aromatic rings. The fraction of sp³-hybridized carbons (Fsp3) is 0.391. The molecule has 8 nitrogen and oxygen atoms in total. The van der Waals surface area contributed by atoms with Crippen molar-refractivity contribution in [2.24, 2.45) is 0 Å². The topological polar surface area (TPSA) is 93.4 Å². The van der Waals surface area contributed by atoms with E-state index in [0.29, 0.717) is 11.5 Å². The quantitative estimate of drug-likeness (QED) is 0.659. The third-order valence-corrected chi connectivity index (χ3v) is 6.06. The van der Waals surface area contributed by atoms with Gasteiger partial charge in [0.05, 0.1) is 36.9 Å². The lowest BCUT2D eigenvalue weighted by Crippen LogP contribution is -2.30. The molecular weight excluding hydrogens is 394 g/mol. The largest absolute Gasteiger partial charge is 0.497 e. The van der Waals surface area contributed by atoms with Crippen LogP contribution in [0.25, 0.3) is 17.2 Å². The number of hydrogen-bond donors (Lipinski definition) is 1. The number of fused-ring (bicyclic) bond motifs is 3. The van der Waals surface area contributed by atoms with Crippen molar-refractivity contribution in [3.63, 3.8) is 0 Å². The lowest BCUT2D eigenvalue weighted by Gasteiger charge is -2.20. The predicted molar refractivity (Wildman–Crippen MR) is 115 cm³/mol. The molecule has 1 aromatic carbocycles. The van der Waals surface area contributed by atoms with Crippen LogP contribution in [0, 0.1) is 0 Å².